The van der Waals surface area contributed by atoms with E-state index < -0.39 is 0 Å². The number of hydrogen-bond donors (Lipinski definition) is 2. The van der Waals surface area contributed by atoms with E-state index in [1.165, 1.54) is 0 Å². The molecule has 0 amide bonds. The summed E-state index contributed by atoms with van der Waals surface area (Å²) in [7, 11) is 0. The van der Waals surface area contributed by atoms with E-state index in [-0.39, 0.29) is 11.6 Å². The molecule has 3 heterocycles. The molecule has 0 radical (unpaired) electrons. The third-order valence-corrected chi connectivity index (χ3v) is 5.20. The highest BCUT2D eigenvalue weighted by Gasteiger charge is 2.28. The first-order valence-electron chi connectivity index (χ1n) is 8.97. The third-order valence-electron chi connectivity index (χ3n) is 4.97. The number of nitrogens with zero attached hydrogens (tertiary/aromatic N) is 1. The summed E-state index contributed by atoms with van der Waals surface area (Å²) in [5.41, 5.74) is 6.69. The Labute approximate surface area is 165 Å². The SMILES string of the molecule is O=c1[nH]c2ccc(Cl)cc2c(-c2ccccc2)c1C1=NN[C@@H](c2ccco2)C1. The molecule has 4 aromatic rings. The lowest BCUT2D eigenvalue weighted by Crippen LogP contribution is -2.19. The van der Waals surface area contributed by atoms with Crippen molar-refractivity contribution in [1.82, 2.24) is 10.4 Å². The van der Waals surface area contributed by atoms with Crippen molar-refractivity contribution in [2.45, 2.75) is 12.5 Å². The van der Waals surface area contributed by atoms with E-state index in [1.807, 2.05) is 54.6 Å². The van der Waals surface area contributed by atoms with E-state index in [0.717, 1.165) is 27.8 Å². The molecule has 1 atom stereocenters. The zero-order valence-electron chi connectivity index (χ0n) is 14.8. The number of rotatable bonds is 3. The Morgan fingerprint density at radius 3 is 2.68 bits per heavy atom. The normalized spacial score (nSPS) is 16.2. The molecule has 0 unspecified atom stereocenters. The van der Waals surface area contributed by atoms with Crippen molar-refractivity contribution < 1.29 is 4.42 Å². The molecule has 5 nitrogen and oxygen atoms in total. The lowest BCUT2D eigenvalue weighted by Gasteiger charge is -2.13. The van der Waals surface area contributed by atoms with Gasteiger partial charge in [0, 0.05) is 27.9 Å². The molecule has 2 aromatic heterocycles. The lowest BCUT2D eigenvalue weighted by molar-refractivity contribution is 0.440. The average Bonchev–Trinajstić information content (AvgIpc) is 3.40. The van der Waals surface area contributed by atoms with Crippen molar-refractivity contribution in [3.8, 4) is 11.1 Å². The van der Waals surface area contributed by atoms with Gasteiger partial charge in [-0.25, -0.2) is 0 Å². The van der Waals surface area contributed by atoms with Gasteiger partial charge in [0.2, 0.25) is 0 Å². The minimum Gasteiger partial charge on any atom is -0.467 e. The Hall–Kier alpha value is -3.31. The van der Waals surface area contributed by atoms with Crippen LogP contribution >= 0.6 is 11.6 Å². The number of nitrogens with one attached hydrogen (secondary N) is 2. The highest BCUT2D eigenvalue weighted by Crippen LogP contribution is 2.34. The zero-order valence-corrected chi connectivity index (χ0v) is 15.5. The van der Waals surface area contributed by atoms with Crippen LogP contribution in [0, 0.1) is 0 Å². The number of fused-ring (bicyclic) bond motifs is 1. The van der Waals surface area contributed by atoms with E-state index in [2.05, 4.69) is 15.5 Å². The van der Waals surface area contributed by atoms with E-state index >= 15 is 0 Å². The number of halogens is 1. The lowest BCUT2D eigenvalue weighted by atomic mass is 9.92. The predicted molar refractivity (Wildman–Crippen MR) is 111 cm³/mol. The molecule has 0 bridgehead atoms. The summed E-state index contributed by atoms with van der Waals surface area (Å²) in [5.74, 6) is 0.792. The highest BCUT2D eigenvalue weighted by molar-refractivity contribution is 6.31. The van der Waals surface area contributed by atoms with Crippen molar-refractivity contribution >= 4 is 28.2 Å². The van der Waals surface area contributed by atoms with Gasteiger partial charge in [0.05, 0.1) is 17.5 Å². The van der Waals surface area contributed by atoms with Crippen LogP contribution in [0.1, 0.15) is 23.8 Å². The molecule has 6 heteroatoms. The molecule has 138 valence electrons. The van der Waals surface area contributed by atoms with Crippen molar-refractivity contribution in [1.29, 1.82) is 0 Å². The Balaban J connectivity index is 1.73. The molecule has 1 aliphatic rings. The van der Waals surface area contributed by atoms with Crippen LogP contribution in [0.25, 0.3) is 22.0 Å². The Kier molecular flexibility index (Phi) is 4.02. The van der Waals surface area contributed by atoms with Gasteiger partial charge in [-0.3, -0.25) is 10.2 Å². The standard InChI is InChI=1S/C22H16ClN3O2/c23-14-8-9-16-15(11-14)20(13-5-2-1-3-6-13)21(22(27)24-16)18-12-17(25-26-18)19-7-4-10-28-19/h1-11,17,25H,12H2,(H,24,27)/t17-/m1/s1. The van der Waals surface area contributed by atoms with Gasteiger partial charge >= 0.3 is 0 Å². The predicted octanol–water partition coefficient (Wildman–Crippen LogP) is 4.88. The maximum atomic E-state index is 13.1. The zero-order chi connectivity index (χ0) is 19.1. The number of pyridine rings is 1. The molecule has 1 aliphatic heterocycles. The molecule has 0 saturated carbocycles. The molecular formula is C22H16ClN3O2. The van der Waals surface area contributed by atoms with Gasteiger partial charge in [-0.15, -0.1) is 0 Å². The van der Waals surface area contributed by atoms with Crippen LogP contribution < -0.4 is 11.0 Å². The van der Waals surface area contributed by atoms with Crippen LogP contribution in [0.3, 0.4) is 0 Å². The van der Waals surface area contributed by atoms with Crippen LogP contribution in [-0.2, 0) is 0 Å². The largest absolute Gasteiger partial charge is 0.467 e. The molecule has 5 rings (SSSR count). The molecule has 0 fully saturated rings. The molecule has 0 spiro atoms. The summed E-state index contributed by atoms with van der Waals surface area (Å²) in [5, 5.41) is 5.97. The smallest absolute Gasteiger partial charge is 0.258 e. The van der Waals surface area contributed by atoms with Crippen molar-refractivity contribution in [3.05, 3.63) is 93.6 Å². The number of hydrogen-bond acceptors (Lipinski definition) is 4. The van der Waals surface area contributed by atoms with Crippen LogP contribution in [0.15, 0.2) is 81.2 Å². The summed E-state index contributed by atoms with van der Waals surface area (Å²) in [6, 6.07) is 19.0. The third kappa shape index (κ3) is 2.80. The van der Waals surface area contributed by atoms with Crippen molar-refractivity contribution in [3.63, 3.8) is 0 Å². The fourth-order valence-electron chi connectivity index (χ4n) is 3.70. The van der Waals surface area contributed by atoms with Crippen LogP contribution in [0.2, 0.25) is 5.02 Å². The number of aromatic nitrogens is 1. The number of benzene rings is 2. The van der Waals surface area contributed by atoms with Crippen LogP contribution in [0.5, 0.6) is 0 Å². The van der Waals surface area contributed by atoms with E-state index in [1.54, 1.807) is 12.3 Å². The van der Waals surface area contributed by atoms with Crippen molar-refractivity contribution in [2.75, 3.05) is 0 Å². The summed E-state index contributed by atoms with van der Waals surface area (Å²) >= 11 is 6.27. The Bertz CT molecular complexity index is 1240. The number of hydrazone groups is 1. The van der Waals surface area contributed by atoms with Crippen LogP contribution in [-0.4, -0.2) is 10.7 Å². The number of aromatic amines is 1. The van der Waals surface area contributed by atoms with Gasteiger partial charge < -0.3 is 9.40 Å². The number of furan rings is 1. The quantitative estimate of drug-likeness (QED) is 0.524. The fraction of sp³-hybridized carbons (Fsp3) is 0.0909. The minimum atomic E-state index is -0.172. The monoisotopic (exact) mass is 389 g/mol. The van der Waals surface area contributed by atoms with Gasteiger partial charge in [0.25, 0.3) is 5.56 Å². The summed E-state index contributed by atoms with van der Waals surface area (Å²) in [4.78, 5) is 16.0. The summed E-state index contributed by atoms with van der Waals surface area (Å²) in [6.07, 6.45) is 2.19. The average molecular weight is 390 g/mol. The fourth-order valence-corrected chi connectivity index (χ4v) is 3.87. The Morgan fingerprint density at radius 2 is 1.89 bits per heavy atom. The van der Waals surface area contributed by atoms with Crippen molar-refractivity contribution in [2.24, 2.45) is 5.10 Å². The minimum absolute atomic E-state index is 0.0944. The first-order valence-corrected chi connectivity index (χ1v) is 9.35. The molecule has 2 N–H and O–H groups in total. The van der Waals surface area contributed by atoms with E-state index in [0.29, 0.717) is 22.7 Å². The van der Waals surface area contributed by atoms with Gasteiger partial charge in [-0.2, -0.15) is 5.10 Å². The first kappa shape index (κ1) is 16.8. The van der Waals surface area contributed by atoms with E-state index in [9.17, 15) is 4.79 Å². The second-order valence-corrected chi connectivity index (χ2v) is 7.16. The van der Waals surface area contributed by atoms with E-state index in [4.69, 9.17) is 16.0 Å². The second kappa shape index (κ2) is 6.69. The first-order chi connectivity index (χ1) is 13.7. The molecule has 2 aromatic carbocycles. The van der Waals surface area contributed by atoms with Gasteiger partial charge in [-0.05, 0) is 35.9 Å². The molecular weight excluding hydrogens is 374 g/mol. The molecule has 0 saturated heterocycles. The topological polar surface area (TPSA) is 70.4 Å². The highest BCUT2D eigenvalue weighted by atomic mass is 35.5. The van der Waals surface area contributed by atoms with Gasteiger partial charge in [-0.1, -0.05) is 41.9 Å². The summed E-state index contributed by atoms with van der Waals surface area (Å²) < 4.78 is 5.49. The summed E-state index contributed by atoms with van der Waals surface area (Å²) in [6.45, 7) is 0. The molecule has 0 aliphatic carbocycles. The Morgan fingerprint density at radius 1 is 1.04 bits per heavy atom. The van der Waals surface area contributed by atoms with Gasteiger partial charge in [0.1, 0.15) is 11.8 Å². The van der Waals surface area contributed by atoms with Crippen LogP contribution in [0.4, 0.5) is 0 Å². The van der Waals surface area contributed by atoms with Gasteiger partial charge in [0.15, 0.2) is 0 Å². The maximum absolute atomic E-state index is 13.1. The maximum Gasteiger partial charge on any atom is 0.258 e. The number of H-pyrrole nitrogens is 1. The second-order valence-electron chi connectivity index (χ2n) is 6.72. The molecule has 28 heavy (non-hydrogen) atoms.